The molecule has 1 aromatic carbocycles. The van der Waals surface area contributed by atoms with Crippen molar-refractivity contribution < 1.29 is 9.59 Å². The van der Waals surface area contributed by atoms with Gasteiger partial charge in [0.25, 0.3) is 0 Å². The summed E-state index contributed by atoms with van der Waals surface area (Å²) < 4.78 is 0. The van der Waals surface area contributed by atoms with Crippen molar-refractivity contribution in [1.29, 1.82) is 0 Å². The highest BCUT2D eigenvalue weighted by atomic mass is 16.2. The third-order valence-corrected chi connectivity index (χ3v) is 5.93. The Morgan fingerprint density at radius 1 is 1.21 bits per heavy atom. The second kappa shape index (κ2) is 6.11. The maximum Gasteiger partial charge on any atom is 0.315 e. The minimum absolute atomic E-state index is 0.0950. The Labute approximate surface area is 142 Å². The quantitative estimate of drug-likeness (QED) is 0.874. The average molecular weight is 327 g/mol. The van der Waals surface area contributed by atoms with Crippen molar-refractivity contribution in [2.24, 2.45) is 0 Å². The molecule has 2 fully saturated rings. The number of nitrogens with zero attached hydrogens (tertiary/aromatic N) is 1. The molecule has 3 amide bonds. The lowest BCUT2D eigenvalue weighted by Crippen LogP contribution is -2.49. The van der Waals surface area contributed by atoms with Gasteiger partial charge in [0.15, 0.2) is 0 Å². The van der Waals surface area contributed by atoms with E-state index in [-0.39, 0.29) is 24.0 Å². The fraction of sp³-hybridized carbons (Fsp3) is 0.579. The van der Waals surface area contributed by atoms with Gasteiger partial charge in [-0.15, -0.1) is 0 Å². The Kier molecular flexibility index (Phi) is 3.94. The highest BCUT2D eigenvalue weighted by Crippen LogP contribution is 2.33. The predicted octanol–water partition coefficient (Wildman–Crippen LogP) is 2.17. The molecule has 1 aliphatic carbocycles. The van der Waals surface area contributed by atoms with Gasteiger partial charge in [-0.1, -0.05) is 31.2 Å². The van der Waals surface area contributed by atoms with Crippen LogP contribution in [0.15, 0.2) is 24.3 Å². The summed E-state index contributed by atoms with van der Waals surface area (Å²) >= 11 is 0. The molecule has 0 bridgehead atoms. The molecule has 5 nitrogen and oxygen atoms in total. The van der Waals surface area contributed by atoms with E-state index in [0.29, 0.717) is 12.0 Å². The topological polar surface area (TPSA) is 61.4 Å². The average Bonchev–Trinajstić information content (AvgIpc) is 3.06. The molecule has 0 radical (unpaired) electrons. The first-order valence-electron chi connectivity index (χ1n) is 9.09. The van der Waals surface area contributed by atoms with Crippen molar-refractivity contribution in [3.63, 3.8) is 0 Å². The fourth-order valence-electron chi connectivity index (χ4n) is 4.57. The monoisotopic (exact) mass is 327 g/mol. The highest BCUT2D eigenvalue weighted by Gasteiger charge is 2.41. The molecule has 4 rings (SSSR count). The maximum atomic E-state index is 12.4. The van der Waals surface area contributed by atoms with E-state index in [1.807, 2.05) is 17.0 Å². The molecule has 128 valence electrons. The molecule has 1 aromatic rings. The Balaban J connectivity index is 1.35. The zero-order valence-electron chi connectivity index (χ0n) is 14.1. The fourth-order valence-corrected chi connectivity index (χ4v) is 4.57. The van der Waals surface area contributed by atoms with E-state index in [1.54, 1.807) is 0 Å². The van der Waals surface area contributed by atoms with E-state index in [2.05, 4.69) is 29.7 Å². The summed E-state index contributed by atoms with van der Waals surface area (Å²) in [4.78, 5) is 26.8. The summed E-state index contributed by atoms with van der Waals surface area (Å²) in [5, 5.41) is 6.00. The zero-order chi connectivity index (χ0) is 16.7. The summed E-state index contributed by atoms with van der Waals surface area (Å²) in [5.74, 6) is 0.398. The van der Waals surface area contributed by atoms with Gasteiger partial charge in [0.05, 0.1) is 0 Å². The van der Waals surface area contributed by atoms with Gasteiger partial charge in [0, 0.05) is 24.5 Å². The maximum absolute atomic E-state index is 12.4. The first kappa shape index (κ1) is 15.5. The summed E-state index contributed by atoms with van der Waals surface area (Å²) in [6.07, 6.45) is 4.95. The van der Waals surface area contributed by atoms with Crippen molar-refractivity contribution >= 4 is 11.9 Å². The molecule has 2 N–H and O–H groups in total. The minimum Gasteiger partial charge on any atom is -0.338 e. The van der Waals surface area contributed by atoms with Crippen molar-refractivity contribution in [2.75, 3.05) is 6.54 Å². The van der Waals surface area contributed by atoms with Crippen LogP contribution in [-0.4, -0.2) is 41.5 Å². The standard InChI is InChI=1S/C19H25N3O2/c1-12-15-8-3-2-6-13(15)10-16(12)20-19(24)21-17-11-14-7-4-5-9-22(14)18(17)23/h2-3,6,8,12,14,16-17H,4-5,7,9-11H2,1H3,(H2,20,21,24)/t12-,14?,16+,17?/m0/s1. The van der Waals surface area contributed by atoms with Gasteiger partial charge in [-0.25, -0.2) is 4.79 Å². The third kappa shape index (κ3) is 2.66. The second-order valence-corrected chi connectivity index (χ2v) is 7.39. The number of fused-ring (bicyclic) bond motifs is 2. The Bertz CT molecular complexity index is 660. The van der Waals surface area contributed by atoms with E-state index in [9.17, 15) is 9.59 Å². The van der Waals surface area contributed by atoms with Crippen LogP contribution in [0.25, 0.3) is 0 Å². The van der Waals surface area contributed by atoms with E-state index >= 15 is 0 Å². The number of benzene rings is 1. The van der Waals surface area contributed by atoms with Crippen LogP contribution < -0.4 is 10.6 Å². The molecular weight excluding hydrogens is 302 g/mol. The van der Waals surface area contributed by atoms with Crippen LogP contribution in [0.5, 0.6) is 0 Å². The lowest BCUT2D eigenvalue weighted by atomic mass is 10.0. The van der Waals surface area contributed by atoms with Crippen LogP contribution in [0.3, 0.4) is 0 Å². The smallest absolute Gasteiger partial charge is 0.315 e. The van der Waals surface area contributed by atoms with Gasteiger partial charge >= 0.3 is 6.03 Å². The van der Waals surface area contributed by atoms with Crippen molar-refractivity contribution in [3.8, 4) is 0 Å². The van der Waals surface area contributed by atoms with Crippen molar-refractivity contribution in [1.82, 2.24) is 15.5 Å². The summed E-state index contributed by atoms with van der Waals surface area (Å²) in [6, 6.07) is 8.21. The number of hydrogen-bond donors (Lipinski definition) is 2. The number of rotatable bonds is 2. The number of hydrogen-bond acceptors (Lipinski definition) is 2. The minimum atomic E-state index is -0.354. The van der Waals surface area contributed by atoms with E-state index < -0.39 is 0 Å². The highest BCUT2D eigenvalue weighted by molar-refractivity contribution is 5.89. The second-order valence-electron chi connectivity index (χ2n) is 7.39. The van der Waals surface area contributed by atoms with Crippen LogP contribution in [0, 0.1) is 0 Å². The number of urea groups is 1. The number of carbonyl (C=O) groups is 2. The summed E-state index contributed by atoms with van der Waals surface area (Å²) in [5.41, 5.74) is 2.63. The Morgan fingerprint density at radius 3 is 2.83 bits per heavy atom. The molecule has 24 heavy (non-hydrogen) atoms. The lowest BCUT2D eigenvalue weighted by Gasteiger charge is -2.28. The molecule has 2 aliphatic heterocycles. The Hall–Kier alpha value is -2.04. The molecule has 2 unspecified atom stereocenters. The van der Waals surface area contributed by atoms with E-state index in [4.69, 9.17) is 0 Å². The van der Waals surface area contributed by atoms with E-state index in [0.717, 1.165) is 32.2 Å². The molecule has 0 spiro atoms. The summed E-state index contributed by atoms with van der Waals surface area (Å²) in [7, 11) is 0. The molecule has 3 aliphatic rings. The molecule has 4 atom stereocenters. The van der Waals surface area contributed by atoms with Crippen LogP contribution in [-0.2, 0) is 11.2 Å². The molecule has 2 saturated heterocycles. The first-order valence-corrected chi connectivity index (χ1v) is 9.09. The number of piperidine rings is 1. The van der Waals surface area contributed by atoms with Crippen molar-refractivity contribution in [2.45, 2.75) is 63.1 Å². The molecule has 2 heterocycles. The van der Waals surface area contributed by atoms with Crippen LogP contribution in [0.1, 0.15) is 49.7 Å². The van der Waals surface area contributed by atoms with Crippen LogP contribution >= 0.6 is 0 Å². The van der Waals surface area contributed by atoms with Gasteiger partial charge in [0.2, 0.25) is 5.91 Å². The SMILES string of the molecule is C[C@H]1c2ccccc2C[C@H]1NC(=O)NC1CC2CCCCN2C1=O. The molecule has 0 aromatic heterocycles. The number of carbonyl (C=O) groups excluding carboxylic acids is 2. The molecule has 0 saturated carbocycles. The largest absolute Gasteiger partial charge is 0.338 e. The van der Waals surface area contributed by atoms with Crippen LogP contribution in [0.2, 0.25) is 0 Å². The predicted molar refractivity (Wildman–Crippen MR) is 91.8 cm³/mol. The normalized spacial score (nSPS) is 31.5. The van der Waals surface area contributed by atoms with E-state index in [1.165, 1.54) is 17.5 Å². The van der Waals surface area contributed by atoms with Gasteiger partial charge in [-0.05, 0) is 43.2 Å². The third-order valence-electron chi connectivity index (χ3n) is 5.93. The zero-order valence-corrected chi connectivity index (χ0v) is 14.1. The summed E-state index contributed by atoms with van der Waals surface area (Å²) in [6.45, 7) is 3.00. The Morgan fingerprint density at radius 2 is 2.04 bits per heavy atom. The van der Waals surface area contributed by atoms with Crippen molar-refractivity contribution in [3.05, 3.63) is 35.4 Å². The van der Waals surface area contributed by atoms with Gasteiger partial charge < -0.3 is 15.5 Å². The number of nitrogens with one attached hydrogen (secondary N) is 2. The molecular formula is C19H25N3O2. The van der Waals surface area contributed by atoms with Gasteiger partial charge in [0.1, 0.15) is 6.04 Å². The lowest BCUT2D eigenvalue weighted by molar-refractivity contribution is -0.131. The van der Waals surface area contributed by atoms with Gasteiger partial charge in [-0.3, -0.25) is 4.79 Å². The molecule has 5 heteroatoms. The number of amides is 3. The van der Waals surface area contributed by atoms with Crippen LogP contribution in [0.4, 0.5) is 4.79 Å². The van der Waals surface area contributed by atoms with Gasteiger partial charge in [-0.2, -0.15) is 0 Å². The first-order chi connectivity index (χ1) is 11.6.